The predicted molar refractivity (Wildman–Crippen MR) is 138 cm³/mol. The van der Waals surface area contributed by atoms with Gasteiger partial charge in [0.25, 0.3) is 5.89 Å². The smallest absolute Gasteiger partial charge is 0.317 e. The molecule has 0 aliphatic carbocycles. The maximum absolute atomic E-state index is 11.0. The zero-order valence-electron chi connectivity index (χ0n) is 20.6. The van der Waals surface area contributed by atoms with Crippen molar-refractivity contribution in [1.82, 2.24) is 15.0 Å². The third kappa shape index (κ3) is 6.01. The molecular formula is C28H31N3O4. The molecule has 182 valence electrons. The number of carboxylic acid groups (broad SMARTS) is 1. The standard InChI is InChI=1S/C28H31N3O4/c1-7-18(3)24(8-2)25-14-13-22(15-23(25)17-34-6)28-29-27(30-35-28)21-11-9-20(10-12-21)19(4)31(5)16-26(32)33/h7-15,19H,1-2,16-17H2,3-6H3,(H,32,33)/b24-18+/t19-/m1/s1. The van der Waals surface area contributed by atoms with Crippen LogP contribution in [0.1, 0.15) is 36.6 Å². The summed E-state index contributed by atoms with van der Waals surface area (Å²) in [4.78, 5) is 17.4. The van der Waals surface area contributed by atoms with Gasteiger partial charge in [-0.05, 0) is 60.9 Å². The lowest BCUT2D eigenvalue weighted by Crippen LogP contribution is -2.28. The molecule has 7 heteroatoms. The second-order valence-corrected chi connectivity index (χ2v) is 8.34. The maximum Gasteiger partial charge on any atom is 0.317 e. The van der Waals surface area contributed by atoms with Crippen LogP contribution in [0.3, 0.4) is 0 Å². The molecule has 3 rings (SSSR count). The number of carbonyl (C=O) groups is 1. The average Bonchev–Trinajstić information content (AvgIpc) is 3.35. The fourth-order valence-electron chi connectivity index (χ4n) is 3.83. The Hall–Kier alpha value is -3.81. The Kier molecular flexibility index (Phi) is 8.52. The summed E-state index contributed by atoms with van der Waals surface area (Å²) in [6.45, 7) is 12.2. The number of benzene rings is 2. The third-order valence-corrected chi connectivity index (χ3v) is 6.00. The first-order valence-electron chi connectivity index (χ1n) is 11.2. The summed E-state index contributed by atoms with van der Waals surface area (Å²) in [5, 5.41) is 13.2. The van der Waals surface area contributed by atoms with E-state index in [1.807, 2.05) is 68.5 Å². The Morgan fingerprint density at radius 3 is 2.46 bits per heavy atom. The molecular weight excluding hydrogens is 442 g/mol. The van der Waals surface area contributed by atoms with Crippen molar-refractivity contribution in [3.05, 3.63) is 90.0 Å². The van der Waals surface area contributed by atoms with Crippen LogP contribution in [0.5, 0.6) is 0 Å². The Balaban J connectivity index is 1.88. The minimum atomic E-state index is -0.857. The van der Waals surface area contributed by atoms with E-state index >= 15 is 0 Å². The number of allylic oxidation sites excluding steroid dienone is 4. The number of rotatable bonds is 11. The lowest BCUT2D eigenvalue weighted by atomic mass is 9.94. The number of methoxy groups -OCH3 is 1. The molecule has 1 heterocycles. The topological polar surface area (TPSA) is 88.7 Å². The second kappa shape index (κ2) is 11.6. The van der Waals surface area contributed by atoms with Gasteiger partial charge in [-0.3, -0.25) is 9.69 Å². The summed E-state index contributed by atoms with van der Waals surface area (Å²) in [5.74, 6) is 0.0290. The molecule has 0 amide bonds. The summed E-state index contributed by atoms with van der Waals surface area (Å²) < 4.78 is 11.0. The van der Waals surface area contributed by atoms with Gasteiger partial charge in [-0.1, -0.05) is 60.8 Å². The van der Waals surface area contributed by atoms with E-state index in [0.29, 0.717) is 18.3 Å². The fourth-order valence-corrected chi connectivity index (χ4v) is 3.83. The SMILES string of the molecule is C=C/C(C)=C(\C=C)c1ccc(-c2nc(-c3ccc([C@@H](C)N(C)CC(=O)O)cc3)no2)cc1COC. The van der Waals surface area contributed by atoms with Crippen molar-refractivity contribution in [2.45, 2.75) is 26.5 Å². The molecule has 0 saturated carbocycles. The van der Waals surface area contributed by atoms with Crippen LogP contribution in [-0.2, 0) is 16.1 Å². The number of nitrogens with zero attached hydrogens (tertiary/aromatic N) is 3. The van der Waals surface area contributed by atoms with Crippen LogP contribution in [0.2, 0.25) is 0 Å². The first-order valence-corrected chi connectivity index (χ1v) is 11.2. The molecule has 0 aliphatic rings. The maximum atomic E-state index is 11.0. The lowest BCUT2D eigenvalue weighted by Gasteiger charge is -2.23. The number of aromatic nitrogens is 2. The lowest BCUT2D eigenvalue weighted by molar-refractivity contribution is -0.138. The van der Waals surface area contributed by atoms with Crippen molar-refractivity contribution in [1.29, 1.82) is 0 Å². The molecule has 2 aromatic carbocycles. The molecule has 0 bridgehead atoms. The zero-order chi connectivity index (χ0) is 25.5. The summed E-state index contributed by atoms with van der Waals surface area (Å²) >= 11 is 0. The fraction of sp³-hybridized carbons (Fsp3) is 0.250. The minimum Gasteiger partial charge on any atom is -0.480 e. The van der Waals surface area contributed by atoms with Crippen molar-refractivity contribution >= 4 is 11.5 Å². The molecule has 1 N–H and O–H groups in total. The molecule has 1 atom stereocenters. The Labute approximate surface area is 206 Å². The van der Waals surface area contributed by atoms with E-state index in [-0.39, 0.29) is 12.6 Å². The van der Waals surface area contributed by atoms with Crippen molar-refractivity contribution in [3.8, 4) is 22.8 Å². The van der Waals surface area contributed by atoms with Crippen LogP contribution in [0.15, 0.2) is 77.9 Å². The molecule has 0 saturated heterocycles. The molecule has 35 heavy (non-hydrogen) atoms. The molecule has 0 spiro atoms. The van der Waals surface area contributed by atoms with E-state index in [1.165, 1.54) is 0 Å². The summed E-state index contributed by atoms with van der Waals surface area (Å²) in [5.41, 5.74) is 6.61. The van der Waals surface area contributed by atoms with Crippen molar-refractivity contribution in [2.24, 2.45) is 0 Å². The highest BCUT2D eigenvalue weighted by Crippen LogP contribution is 2.30. The highest BCUT2D eigenvalue weighted by molar-refractivity contribution is 5.80. The Morgan fingerprint density at radius 1 is 1.17 bits per heavy atom. The first-order chi connectivity index (χ1) is 16.8. The van der Waals surface area contributed by atoms with E-state index in [4.69, 9.17) is 14.4 Å². The number of carboxylic acids is 1. The summed E-state index contributed by atoms with van der Waals surface area (Å²) in [7, 11) is 3.44. The number of aliphatic carboxylic acids is 1. The van der Waals surface area contributed by atoms with Crippen LogP contribution in [-0.4, -0.2) is 46.8 Å². The first kappa shape index (κ1) is 25.8. The number of hydrogen-bond donors (Lipinski definition) is 1. The van der Waals surface area contributed by atoms with Gasteiger partial charge in [0.05, 0.1) is 13.2 Å². The van der Waals surface area contributed by atoms with E-state index in [1.54, 1.807) is 19.1 Å². The van der Waals surface area contributed by atoms with Crippen LogP contribution in [0.25, 0.3) is 28.4 Å². The molecule has 1 aromatic heterocycles. The van der Waals surface area contributed by atoms with Gasteiger partial charge in [0.2, 0.25) is 5.82 Å². The van der Waals surface area contributed by atoms with Gasteiger partial charge in [-0.25, -0.2) is 0 Å². The van der Waals surface area contributed by atoms with E-state index < -0.39 is 5.97 Å². The van der Waals surface area contributed by atoms with Crippen molar-refractivity contribution < 1.29 is 19.2 Å². The van der Waals surface area contributed by atoms with Crippen molar-refractivity contribution in [3.63, 3.8) is 0 Å². The van der Waals surface area contributed by atoms with Crippen LogP contribution in [0.4, 0.5) is 0 Å². The van der Waals surface area contributed by atoms with E-state index in [2.05, 4.69) is 23.3 Å². The highest BCUT2D eigenvalue weighted by Gasteiger charge is 2.17. The second-order valence-electron chi connectivity index (χ2n) is 8.34. The van der Waals surface area contributed by atoms with Gasteiger partial charge >= 0.3 is 5.97 Å². The van der Waals surface area contributed by atoms with Gasteiger partial charge in [0.1, 0.15) is 0 Å². The third-order valence-electron chi connectivity index (χ3n) is 6.00. The van der Waals surface area contributed by atoms with Gasteiger partial charge in [-0.15, -0.1) is 0 Å². The Morgan fingerprint density at radius 2 is 1.86 bits per heavy atom. The minimum absolute atomic E-state index is 0.0296. The summed E-state index contributed by atoms with van der Waals surface area (Å²) in [6.07, 6.45) is 3.63. The van der Waals surface area contributed by atoms with E-state index in [9.17, 15) is 4.79 Å². The number of ether oxygens (including phenoxy) is 1. The quantitative estimate of drug-likeness (QED) is 0.354. The van der Waals surface area contributed by atoms with Gasteiger partial charge < -0.3 is 14.4 Å². The summed E-state index contributed by atoms with van der Waals surface area (Å²) in [6, 6.07) is 13.6. The molecule has 7 nitrogen and oxygen atoms in total. The van der Waals surface area contributed by atoms with Gasteiger partial charge in [0.15, 0.2) is 0 Å². The monoisotopic (exact) mass is 473 g/mol. The van der Waals surface area contributed by atoms with Gasteiger partial charge in [-0.2, -0.15) is 4.98 Å². The normalized spacial score (nSPS) is 12.8. The Bertz CT molecular complexity index is 1240. The number of likely N-dealkylation sites (N-methyl/N-ethyl adjacent to an activating group) is 1. The zero-order valence-corrected chi connectivity index (χ0v) is 20.6. The van der Waals surface area contributed by atoms with Gasteiger partial charge in [0, 0.05) is 24.3 Å². The van der Waals surface area contributed by atoms with Crippen LogP contribution >= 0.6 is 0 Å². The van der Waals surface area contributed by atoms with Crippen LogP contribution < -0.4 is 0 Å². The average molecular weight is 474 g/mol. The highest BCUT2D eigenvalue weighted by atomic mass is 16.5. The molecule has 0 radical (unpaired) electrons. The number of hydrogen-bond acceptors (Lipinski definition) is 6. The molecule has 3 aromatic rings. The van der Waals surface area contributed by atoms with Crippen molar-refractivity contribution in [2.75, 3.05) is 20.7 Å². The predicted octanol–water partition coefficient (Wildman–Crippen LogP) is 5.77. The molecule has 0 aliphatic heterocycles. The largest absolute Gasteiger partial charge is 0.480 e. The molecule has 0 fully saturated rings. The molecule has 0 unspecified atom stereocenters. The van der Waals surface area contributed by atoms with E-state index in [0.717, 1.165) is 39.0 Å². The van der Waals surface area contributed by atoms with Crippen LogP contribution in [0, 0.1) is 0 Å².